The first-order chi connectivity index (χ1) is 10.6. The Hall–Kier alpha value is -1.92. The molecule has 1 fully saturated rings. The number of carbonyl (C=O) groups excluding carboxylic acids is 2. The zero-order chi connectivity index (χ0) is 15.9. The number of ketones is 1. The minimum atomic E-state index is -0.561. The predicted octanol–water partition coefficient (Wildman–Crippen LogP) is 0.731. The molecular weight excluding hydrogens is 280 g/mol. The molecule has 1 aromatic rings. The van der Waals surface area contributed by atoms with Crippen molar-refractivity contribution >= 4 is 23.1 Å². The Morgan fingerprint density at radius 3 is 2.68 bits per heavy atom. The maximum Gasteiger partial charge on any atom is 0.224 e. The molecule has 6 heteroatoms. The molecule has 1 aliphatic rings. The lowest BCUT2D eigenvalue weighted by Gasteiger charge is -2.31. The van der Waals surface area contributed by atoms with Crippen LogP contribution in [0, 0.1) is 0 Å². The van der Waals surface area contributed by atoms with Crippen LogP contribution in [0.3, 0.4) is 0 Å². The van der Waals surface area contributed by atoms with E-state index in [1.54, 1.807) is 0 Å². The number of amides is 1. The van der Waals surface area contributed by atoms with Gasteiger partial charge in [0, 0.05) is 32.6 Å². The number of Topliss-reactive ketones (excluding diaryl/α,β-unsaturated/α-hetero) is 1. The summed E-state index contributed by atoms with van der Waals surface area (Å²) in [5.41, 5.74) is 7.51. The molecule has 0 aliphatic carbocycles. The Balaban J connectivity index is 1.97. The second kappa shape index (κ2) is 7.91. The Kier molecular flexibility index (Phi) is 5.91. The summed E-state index contributed by atoms with van der Waals surface area (Å²) < 4.78 is 0. The molecule has 22 heavy (non-hydrogen) atoms. The van der Waals surface area contributed by atoms with Crippen LogP contribution in [0.25, 0.3) is 0 Å². The highest BCUT2D eigenvalue weighted by atomic mass is 16.1. The van der Waals surface area contributed by atoms with E-state index in [-0.39, 0.29) is 18.1 Å². The second-order valence-electron chi connectivity index (χ2n) is 5.56. The van der Waals surface area contributed by atoms with Gasteiger partial charge in [0.1, 0.15) is 5.78 Å². The van der Waals surface area contributed by atoms with E-state index in [4.69, 9.17) is 5.73 Å². The maximum absolute atomic E-state index is 12.1. The fourth-order valence-corrected chi connectivity index (χ4v) is 2.46. The second-order valence-corrected chi connectivity index (χ2v) is 5.56. The highest BCUT2D eigenvalue weighted by Gasteiger charge is 2.16. The first-order valence-electron chi connectivity index (χ1n) is 7.68. The molecule has 6 nitrogen and oxygen atoms in total. The van der Waals surface area contributed by atoms with Gasteiger partial charge in [0.2, 0.25) is 5.91 Å². The number of nitrogens with zero attached hydrogens (tertiary/aromatic N) is 1. The van der Waals surface area contributed by atoms with Crippen LogP contribution in [0.15, 0.2) is 24.3 Å². The van der Waals surface area contributed by atoms with Crippen molar-refractivity contribution in [3.8, 4) is 0 Å². The lowest BCUT2D eigenvalue weighted by atomic mass is 10.1. The minimum Gasteiger partial charge on any atom is -0.367 e. The summed E-state index contributed by atoms with van der Waals surface area (Å²) in [6, 6.07) is 7.23. The van der Waals surface area contributed by atoms with Crippen molar-refractivity contribution in [2.45, 2.75) is 25.8 Å². The Morgan fingerprint density at radius 1 is 1.32 bits per heavy atom. The van der Waals surface area contributed by atoms with E-state index in [0.29, 0.717) is 6.42 Å². The normalized spacial score (nSPS) is 16.2. The van der Waals surface area contributed by atoms with Crippen molar-refractivity contribution in [2.75, 3.05) is 36.4 Å². The topological polar surface area (TPSA) is 87.5 Å². The molecule has 2 rings (SSSR count). The summed E-state index contributed by atoms with van der Waals surface area (Å²) in [5.74, 6) is -0.201. The molecule has 1 atom stereocenters. The van der Waals surface area contributed by atoms with Gasteiger partial charge >= 0.3 is 0 Å². The number of nitrogens with two attached hydrogens (primary N) is 1. The van der Waals surface area contributed by atoms with E-state index in [0.717, 1.165) is 37.6 Å². The van der Waals surface area contributed by atoms with Crippen molar-refractivity contribution in [2.24, 2.45) is 5.73 Å². The summed E-state index contributed by atoms with van der Waals surface area (Å²) in [5, 5.41) is 6.25. The van der Waals surface area contributed by atoms with E-state index < -0.39 is 6.04 Å². The van der Waals surface area contributed by atoms with Crippen LogP contribution in [0.1, 0.15) is 19.8 Å². The monoisotopic (exact) mass is 304 g/mol. The molecule has 0 saturated carbocycles. The first kappa shape index (κ1) is 16.5. The number of nitrogens with one attached hydrogen (secondary N) is 2. The van der Waals surface area contributed by atoms with E-state index >= 15 is 0 Å². The van der Waals surface area contributed by atoms with Gasteiger partial charge in [0.05, 0.1) is 17.4 Å². The third-order valence-corrected chi connectivity index (χ3v) is 3.84. The molecular formula is C16H24N4O2. The molecule has 120 valence electrons. The van der Waals surface area contributed by atoms with Crippen molar-refractivity contribution in [1.82, 2.24) is 5.32 Å². The Labute approximate surface area is 131 Å². The highest BCUT2D eigenvalue weighted by molar-refractivity contribution is 5.94. The van der Waals surface area contributed by atoms with Crippen molar-refractivity contribution in [3.05, 3.63) is 24.3 Å². The van der Waals surface area contributed by atoms with Crippen molar-refractivity contribution < 1.29 is 9.59 Å². The SMILES string of the molecule is CC(=O)[C@@H](N)CCC(=O)Nc1ccccc1N1CCNCC1. The fraction of sp³-hybridized carbons (Fsp3) is 0.500. The van der Waals surface area contributed by atoms with Crippen LogP contribution >= 0.6 is 0 Å². The summed E-state index contributed by atoms with van der Waals surface area (Å²) in [7, 11) is 0. The molecule has 1 heterocycles. The Bertz CT molecular complexity index is 527. The zero-order valence-electron chi connectivity index (χ0n) is 13.0. The van der Waals surface area contributed by atoms with Gasteiger partial charge in [-0.25, -0.2) is 0 Å². The van der Waals surface area contributed by atoms with E-state index in [2.05, 4.69) is 15.5 Å². The van der Waals surface area contributed by atoms with E-state index in [1.165, 1.54) is 6.92 Å². The third kappa shape index (κ3) is 4.54. The average molecular weight is 304 g/mol. The molecule has 1 aromatic carbocycles. The molecule has 4 N–H and O–H groups in total. The van der Waals surface area contributed by atoms with Crippen LogP contribution in [0.4, 0.5) is 11.4 Å². The van der Waals surface area contributed by atoms with E-state index in [1.807, 2.05) is 24.3 Å². The van der Waals surface area contributed by atoms with Crippen LogP contribution < -0.4 is 21.3 Å². The molecule has 1 amide bonds. The molecule has 1 aliphatic heterocycles. The van der Waals surface area contributed by atoms with Crippen molar-refractivity contribution in [1.29, 1.82) is 0 Å². The number of para-hydroxylation sites is 2. The zero-order valence-corrected chi connectivity index (χ0v) is 13.0. The summed E-state index contributed by atoms with van der Waals surface area (Å²) in [4.78, 5) is 25.4. The molecule has 0 spiro atoms. The van der Waals surface area contributed by atoms with E-state index in [9.17, 15) is 9.59 Å². The lowest BCUT2D eigenvalue weighted by molar-refractivity contribution is -0.119. The third-order valence-electron chi connectivity index (χ3n) is 3.84. The number of hydrogen-bond acceptors (Lipinski definition) is 5. The molecule has 1 saturated heterocycles. The summed E-state index contributed by atoms with van der Waals surface area (Å²) in [6.07, 6.45) is 0.619. The highest BCUT2D eigenvalue weighted by Crippen LogP contribution is 2.26. The number of piperazine rings is 1. The van der Waals surface area contributed by atoms with Gasteiger partial charge in [-0.05, 0) is 25.5 Å². The maximum atomic E-state index is 12.1. The van der Waals surface area contributed by atoms with Crippen LogP contribution in [0.5, 0.6) is 0 Å². The molecule has 0 aromatic heterocycles. The average Bonchev–Trinajstić information content (AvgIpc) is 2.54. The Morgan fingerprint density at radius 2 is 2.00 bits per heavy atom. The van der Waals surface area contributed by atoms with Gasteiger partial charge < -0.3 is 21.3 Å². The smallest absolute Gasteiger partial charge is 0.224 e. The first-order valence-corrected chi connectivity index (χ1v) is 7.68. The fourth-order valence-electron chi connectivity index (χ4n) is 2.46. The summed E-state index contributed by atoms with van der Waals surface area (Å²) in [6.45, 7) is 5.16. The minimum absolute atomic E-state index is 0.0889. The van der Waals surface area contributed by atoms with Gasteiger partial charge in [-0.1, -0.05) is 12.1 Å². The summed E-state index contributed by atoms with van der Waals surface area (Å²) >= 11 is 0. The van der Waals surface area contributed by atoms with Gasteiger partial charge in [-0.15, -0.1) is 0 Å². The number of benzene rings is 1. The van der Waals surface area contributed by atoms with Gasteiger partial charge in [-0.2, -0.15) is 0 Å². The van der Waals surface area contributed by atoms with Crippen LogP contribution in [-0.2, 0) is 9.59 Å². The molecule has 0 bridgehead atoms. The van der Waals surface area contributed by atoms with Crippen LogP contribution in [0.2, 0.25) is 0 Å². The predicted molar refractivity (Wildman–Crippen MR) is 88.0 cm³/mol. The van der Waals surface area contributed by atoms with Gasteiger partial charge in [0.15, 0.2) is 0 Å². The van der Waals surface area contributed by atoms with Gasteiger partial charge in [-0.3, -0.25) is 9.59 Å². The van der Waals surface area contributed by atoms with Gasteiger partial charge in [0.25, 0.3) is 0 Å². The molecule has 0 radical (unpaired) electrons. The number of hydrogen-bond donors (Lipinski definition) is 3. The molecule has 0 unspecified atom stereocenters. The van der Waals surface area contributed by atoms with Crippen molar-refractivity contribution in [3.63, 3.8) is 0 Å². The van der Waals surface area contributed by atoms with Crippen LogP contribution in [-0.4, -0.2) is 43.9 Å². The lowest BCUT2D eigenvalue weighted by Crippen LogP contribution is -2.43. The largest absolute Gasteiger partial charge is 0.367 e. The standard InChI is InChI=1S/C16H24N4O2/c1-12(21)13(17)6-7-16(22)19-14-4-2-3-5-15(14)20-10-8-18-9-11-20/h2-5,13,18H,6-11,17H2,1H3,(H,19,22)/t13-/m0/s1. The number of anilines is 2. The number of carbonyl (C=O) groups is 2. The number of rotatable bonds is 6. The quantitative estimate of drug-likeness (QED) is 0.721.